The molecule has 0 aliphatic carbocycles. The van der Waals surface area contributed by atoms with Gasteiger partial charge in [-0.05, 0) is 49.7 Å². The van der Waals surface area contributed by atoms with Crippen molar-refractivity contribution in [2.24, 2.45) is 0 Å². The summed E-state index contributed by atoms with van der Waals surface area (Å²) < 4.78 is 5.56. The van der Waals surface area contributed by atoms with Gasteiger partial charge in [0.05, 0.1) is 10.7 Å². The minimum Gasteiger partial charge on any atom is -0.380 e. The van der Waals surface area contributed by atoms with Crippen LogP contribution < -0.4 is 16.0 Å². The smallest absolute Gasteiger partial charge is 0.256 e. The minimum absolute atomic E-state index is 0. The number of benzene rings is 2. The molecule has 0 aromatic heterocycles. The lowest BCUT2D eigenvalue weighted by Crippen LogP contribution is -2.51. The molecule has 1 amide bonds. The summed E-state index contributed by atoms with van der Waals surface area (Å²) in [6, 6.07) is 15.6. The second-order valence-corrected chi connectivity index (χ2v) is 6.84. The molecular formula is C20H26Cl3N3O2. The van der Waals surface area contributed by atoms with Crippen molar-refractivity contribution in [1.82, 2.24) is 5.32 Å². The number of hydrogen-bond acceptors (Lipinski definition) is 4. The number of amides is 1. The standard InChI is InChI=1S/C20H24ClN3O2.2ClH/c1-26-20(9-11-22-12-10-20)19(25)24-16-7-8-18(17(21)13-16)23-14-15-5-3-2-4-6-15;;/h2-8,13,22-23H,9-12,14H2,1H3,(H,24,25);2*1H. The van der Waals surface area contributed by atoms with E-state index in [4.69, 9.17) is 16.3 Å². The van der Waals surface area contributed by atoms with Crippen LogP contribution >= 0.6 is 36.4 Å². The first kappa shape index (κ1) is 24.5. The van der Waals surface area contributed by atoms with Crippen LogP contribution in [-0.2, 0) is 16.1 Å². The maximum absolute atomic E-state index is 12.7. The van der Waals surface area contributed by atoms with Gasteiger partial charge in [0.25, 0.3) is 5.91 Å². The summed E-state index contributed by atoms with van der Waals surface area (Å²) in [6.07, 6.45) is 1.31. The highest BCUT2D eigenvalue weighted by Gasteiger charge is 2.39. The maximum atomic E-state index is 12.7. The van der Waals surface area contributed by atoms with Crippen molar-refractivity contribution in [2.45, 2.75) is 25.0 Å². The largest absolute Gasteiger partial charge is 0.380 e. The van der Waals surface area contributed by atoms with E-state index in [1.165, 1.54) is 5.56 Å². The molecule has 0 atom stereocenters. The van der Waals surface area contributed by atoms with Gasteiger partial charge >= 0.3 is 0 Å². The summed E-state index contributed by atoms with van der Waals surface area (Å²) in [5.41, 5.74) is 1.90. The molecule has 0 saturated carbocycles. The molecule has 0 bridgehead atoms. The Kier molecular flexibility index (Phi) is 10.1. The lowest BCUT2D eigenvalue weighted by Gasteiger charge is -2.34. The van der Waals surface area contributed by atoms with Gasteiger partial charge in [0.2, 0.25) is 0 Å². The van der Waals surface area contributed by atoms with E-state index in [0.29, 0.717) is 30.1 Å². The molecule has 1 fully saturated rings. The third kappa shape index (κ3) is 6.00. The molecule has 154 valence electrons. The zero-order valence-corrected chi connectivity index (χ0v) is 18.1. The molecule has 1 saturated heterocycles. The molecule has 0 unspecified atom stereocenters. The van der Waals surface area contributed by atoms with Crippen LogP contribution in [0.4, 0.5) is 11.4 Å². The highest BCUT2D eigenvalue weighted by Crippen LogP contribution is 2.28. The van der Waals surface area contributed by atoms with E-state index in [1.54, 1.807) is 13.2 Å². The average Bonchev–Trinajstić information content (AvgIpc) is 2.68. The molecule has 2 aromatic rings. The summed E-state index contributed by atoms with van der Waals surface area (Å²) in [7, 11) is 1.59. The van der Waals surface area contributed by atoms with Crippen molar-refractivity contribution in [3.05, 3.63) is 59.1 Å². The molecule has 0 spiro atoms. The predicted octanol–water partition coefficient (Wildman–Crippen LogP) is 4.50. The Balaban J connectivity index is 0.00000196. The number of hydrogen-bond donors (Lipinski definition) is 3. The molecular weight excluding hydrogens is 421 g/mol. The number of rotatable bonds is 6. The molecule has 1 aliphatic rings. The Hall–Kier alpha value is -1.50. The number of carbonyl (C=O) groups is 1. The molecule has 28 heavy (non-hydrogen) atoms. The maximum Gasteiger partial charge on any atom is 0.256 e. The molecule has 3 N–H and O–H groups in total. The van der Waals surface area contributed by atoms with Crippen LogP contribution in [0.15, 0.2) is 48.5 Å². The zero-order chi connectivity index (χ0) is 18.4. The first-order chi connectivity index (χ1) is 12.6. The summed E-state index contributed by atoms with van der Waals surface area (Å²) >= 11 is 6.38. The molecule has 3 rings (SSSR count). The average molecular weight is 447 g/mol. The van der Waals surface area contributed by atoms with Crippen LogP contribution in [0.2, 0.25) is 5.02 Å². The minimum atomic E-state index is -0.776. The normalized spacial score (nSPS) is 14.9. The highest BCUT2D eigenvalue weighted by molar-refractivity contribution is 6.33. The van der Waals surface area contributed by atoms with Gasteiger partial charge in [0.1, 0.15) is 5.60 Å². The van der Waals surface area contributed by atoms with Gasteiger partial charge in [-0.15, -0.1) is 24.8 Å². The van der Waals surface area contributed by atoms with Gasteiger partial charge in [0.15, 0.2) is 0 Å². The first-order valence-corrected chi connectivity index (χ1v) is 9.15. The molecule has 1 heterocycles. The number of methoxy groups -OCH3 is 1. The van der Waals surface area contributed by atoms with E-state index < -0.39 is 5.60 Å². The first-order valence-electron chi connectivity index (χ1n) is 8.78. The fourth-order valence-electron chi connectivity index (χ4n) is 3.13. The van der Waals surface area contributed by atoms with Gasteiger partial charge in [-0.1, -0.05) is 41.9 Å². The Morgan fingerprint density at radius 3 is 2.43 bits per heavy atom. The number of halogens is 3. The molecule has 2 aromatic carbocycles. The van der Waals surface area contributed by atoms with Crippen molar-refractivity contribution in [3.63, 3.8) is 0 Å². The van der Waals surface area contributed by atoms with Gasteiger partial charge in [-0.3, -0.25) is 4.79 Å². The van der Waals surface area contributed by atoms with Gasteiger partial charge in [-0.25, -0.2) is 0 Å². The fraction of sp³-hybridized carbons (Fsp3) is 0.350. The monoisotopic (exact) mass is 445 g/mol. The summed E-state index contributed by atoms with van der Waals surface area (Å²) in [4.78, 5) is 12.7. The van der Waals surface area contributed by atoms with Crippen LogP contribution in [0.5, 0.6) is 0 Å². The third-order valence-electron chi connectivity index (χ3n) is 4.77. The summed E-state index contributed by atoms with van der Waals surface area (Å²) in [5, 5.41) is 10.1. The number of anilines is 2. The number of ether oxygens (including phenoxy) is 1. The van der Waals surface area contributed by atoms with Crippen molar-refractivity contribution in [2.75, 3.05) is 30.8 Å². The van der Waals surface area contributed by atoms with E-state index in [1.807, 2.05) is 30.3 Å². The van der Waals surface area contributed by atoms with E-state index >= 15 is 0 Å². The SMILES string of the molecule is COC1(C(=O)Nc2ccc(NCc3ccccc3)c(Cl)c2)CCNCC1.Cl.Cl. The third-order valence-corrected chi connectivity index (χ3v) is 5.08. The number of nitrogens with one attached hydrogen (secondary N) is 3. The summed E-state index contributed by atoms with van der Waals surface area (Å²) in [5.74, 6) is -0.123. The fourth-order valence-corrected chi connectivity index (χ4v) is 3.38. The van der Waals surface area contributed by atoms with E-state index in [-0.39, 0.29) is 30.7 Å². The molecule has 0 radical (unpaired) electrons. The van der Waals surface area contributed by atoms with E-state index in [2.05, 4.69) is 28.1 Å². The van der Waals surface area contributed by atoms with Crippen molar-refractivity contribution >= 4 is 53.7 Å². The van der Waals surface area contributed by atoms with Gasteiger partial charge in [0, 0.05) is 19.3 Å². The Morgan fingerprint density at radius 2 is 1.82 bits per heavy atom. The lowest BCUT2D eigenvalue weighted by molar-refractivity contribution is -0.140. The number of piperidine rings is 1. The topological polar surface area (TPSA) is 62.4 Å². The zero-order valence-electron chi connectivity index (χ0n) is 15.7. The van der Waals surface area contributed by atoms with Crippen molar-refractivity contribution < 1.29 is 9.53 Å². The summed E-state index contributed by atoms with van der Waals surface area (Å²) in [6.45, 7) is 2.22. The van der Waals surface area contributed by atoms with Crippen LogP contribution in [0.25, 0.3) is 0 Å². The highest BCUT2D eigenvalue weighted by atomic mass is 35.5. The van der Waals surface area contributed by atoms with Crippen molar-refractivity contribution in [1.29, 1.82) is 0 Å². The van der Waals surface area contributed by atoms with Crippen molar-refractivity contribution in [3.8, 4) is 0 Å². The second kappa shape index (κ2) is 11.5. The lowest BCUT2D eigenvalue weighted by atomic mass is 9.91. The van der Waals surface area contributed by atoms with E-state index in [0.717, 1.165) is 18.8 Å². The van der Waals surface area contributed by atoms with Crippen LogP contribution in [0.3, 0.4) is 0 Å². The van der Waals surface area contributed by atoms with Gasteiger partial charge < -0.3 is 20.7 Å². The Labute approximate surface area is 183 Å². The quantitative estimate of drug-likeness (QED) is 0.611. The Morgan fingerprint density at radius 1 is 1.14 bits per heavy atom. The van der Waals surface area contributed by atoms with Crippen LogP contribution in [0.1, 0.15) is 18.4 Å². The van der Waals surface area contributed by atoms with E-state index in [9.17, 15) is 4.79 Å². The second-order valence-electron chi connectivity index (χ2n) is 6.44. The van der Waals surface area contributed by atoms with Crippen LogP contribution in [0, 0.1) is 0 Å². The Bertz CT molecular complexity index is 754. The molecule has 1 aliphatic heterocycles. The van der Waals surface area contributed by atoms with Crippen LogP contribution in [-0.4, -0.2) is 31.7 Å². The molecule has 5 nitrogen and oxygen atoms in total. The predicted molar refractivity (Wildman–Crippen MR) is 120 cm³/mol. The molecule has 8 heteroatoms. The number of carbonyl (C=O) groups excluding carboxylic acids is 1. The van der Waals surface area contributed by atoms with Gasteiger partial charge in [-0.2, -0.15) is 0 Å².